The van der Waals surface area contributed by atoms with E-state index in [-0.39, 0.29) is 0 Å². The molecule has 0 bridgehead atoms. The van der Waals surface area contributed by atoms with Crippen LogP contribution in [0.15, 0.2) is 47.6 Å². The van der Waals surface area contributed by atoms with Gasteiger partial charge in [-0.15, -0.1) is 11.3 Å². The zero-order valence-electron chi connectivity index (χ0n) is 16.3. The molecule has 0 radical (unpaired) electrons. The summed E-state index contributed by atoms with van der Waals surface area (Å²) >= 11 is 1.72. The van der Waals surface area contributed by atoms with Gasteiger partial charge >= 0.3 is 0 Å². The first-order valence-corrected chi connectivity index (χ1v) is 10.4. The summed E-state index contributed by atoms with van der Waals surface area (Å²) in [6, 6.07) is 10.5. The number of hydrogen-bond acceptors (Lipinski definition) is 4. The minimum Gasteiger partial charge on any atom is -0.357 e. The molecule has 3 rings (SSSR count). The topological polar surface area (TPSA) is 43.8 Å². The van der Waals surface area contributed by atoms with Gasteiger partial charge in [-0.1, -0.05) is 42.5 Å². The Bertz CT molecular complexity index is 745. The fraction of sp³-hybridized carbons (Fsp3) is 0.429. The van der Waals surface area contributed by atoms with Crippen LogP contribution in [0.4, 0.5) is 0 Å². The van der Waals surface area contributed by atoms with Crippen molar-refractivity contribution in [3.8, 4) is 0 Å². The molecule has 1 aromatic heterocycles. The zero-order valence-corrected chi connectivity index (χ0v) is 17.1. The van der Waals surface area contributed by atoms with Gasteiger partial charge in [0.2, 0.25) is 0 Å². The normalized spacial score (nSPS) is 16.2. The third-order valence-electron chi connectivity index (χ3n) is 4.51. The third kappa shape index (κ3) is 6.19. The molecule has 1 saturated heterocycles. The number of thiazole rings is 1. The van der Waals surface area contributed by atoms with Crippen molar-refractivity contribution in [2.45, 2.75) is 20.4 Å². The number of aliphatic imine (C=N–C) groups is 1. The van der Waals surface area contributed by atoms with Crippen LogP contribution in [-0.4, -0.2) is 60.0 Å². The van der Waals surface area contributed by atoms with Crippen molar-refractivity contribution in [1.82, 2.24) is 20.1 Å². The SMILES string of the molecule is CCNC(=NCc1ncc(C)s1)N1CCN(C/C=C/c2ccccc2)CC1. The van der Waals surface area contributed by atoms with Gasteiger partial charge in [-0.2, -0.15) is 0 Å². The Hall–Kier alpha value is -2.18. The number of hydrogen-bond donors (Lipinski definition) is 1. The van der Waals surface area contributed by atoms with Crippen LogP contribution in [0, 0.1) is 6.92 Å². The van der Waals surface area contributed by atoms with Crippen molar-refractivity contribution < 1.29 is 0 Å². The van der Waals surface area contributed by atoms with E-state index in [9.17, 15) is 0 Å². The minimum absolute atomic E-state index is 0.654. The van der Waals surface area contributed by atoms with Crippen LogP contribution >= 0.6 is 11.3 Å². The Labute approximate surface area is 166 Å². The smallest absolute Gasteiger partial charge is 0.194 e. The molecule has 2 aromatic rings. The Morgan fingerprint density at radius 3 is 2.67 bits per heavy atom. The Kier molecular flexibility index (Phi) is 7.42. The van der Waals surface area contributed by atoms with Crippen LogP contribution in [0.25, 0.3) is 6.08 Å². The highest BCUT2D eigenvalue weighted by Crippen LogP contribution is 2.12. The quantitative estimate of drug-likeness (QED) is 0.614. The maximum absolute atomic E-state index is 4.79. The van der Waals surface area contributed by atoms with Gasteiger partial charge in [0.1, 0.15) is 5.01 Å². The van der Waals surface area contributed by atoms with Gasteiger partial charge in [-0.3, -0.25) is 4.90 Å². The van der Waals surface area contributed by atoms with Crippen molar-refractivity contribution in [3.63, 3.8) is 0 Å². The van der Waals surface area contributed by atoms with Crippen molar-refractivity contribution in [3.05, 3.63) is 58.1 Å². The summed E-state index contributed by atoms with van der Waals surface area (Å²) in [5, 5.41) is 4.51. The Balaban J connectivity index is 1.49. The fourth-order valence-electron chi connectivity index (χ4n) is 3.09. The highest BCUT2D eigenvalue weighted by atomic mass is 32.1. The zero-order chi connectivity index (χ0) is 18.9. The molecule has 1 aromatic carbocycles. The standard InChI is InChI=1S/C21H29N5S/c1-3-22-21(24-17-20-23-16-18(2)27-20)26-14-12-25(13-15-26)11-7-10-19-8-5-4-6-9-19/h4-10,16H,3,11-15,17H2,1-2H3,(H,22,24)/b10-7+. The van der Waals surface area contributed by atoms with Gasteiger partial charge in [-0.25, -0.2) is 9.98 Å². The van der Waals surface area contributed by atoms with Gasteiger partial charge in [0, 0.05) is 50.3 Å². The van der Waals surface area contributed by atoms with Crippen molar-refractivity contribution >= 4 is 23.4 Å². The molecule has 0 amide bonds. The van der Waals surface area contributed by atoms with Crippen molar-refractivity contribution in [2.75, 3.05) is 39.3 Å². The lowest BCUT2D eigenvalue weighted by atomic mass is 10.2. The van der Waals surface area contributed by atoms with E-state index in [0.29, 0.717) is 6.54 Å². The first-order valence-electron chi connectivity index (χ1n) is 9.63. The minimum atomic E-state index is 0.654. The molecule has 5 nitrogen and oxygen atoms in total. The van der Waals surface area contributed by atoms with E-state index in [1.807, 2.05) is 6.20 Å². The van der Waals surface area contributed by atoms with Gasteiger partial charge in [-0.05, 0) is 19.4 Å². The molecule has 2 heterocycles. The molecule has 0 aliphatic carbocycles. The number of piperazine rings is 1. The van der Waals surface area contributed by atoms with E-state index in [1.54, 1.807) is 11.3 Å². The van der Waals surface area contributed by atoms with E-state index < -0.39 is 0 Å². The van der Waals surface area contributed by atoms with Crippen LogP contribution in [0.5, 0.6) is 0 Å². The molecular formula is C21H29N5S. The number of aryl methyl sites for hydroxylation is 1. The molecule has 0 saturated carbocycles. The summed E-state index contributed by atoms with van der Waals surface area (Å²) < 4.78 is 0. The predicted octanol–water partition coefficient (Wildman–Crippen LogP) is 3.25. The first kappa shape index (κ1) is 19.6. The highest BCUT2D eigenvalue weighted by molar-refractivity contribution is 7.11. The summed E-state index contributed by atoms with van der Waals surface area (Å²) in [6.45, 7) is 10.9. The largest absolute Gasteiger partial charge is 0.357 e. The van der Waals surface area contributed by atoms with E-state index in [0.717, 1.165) is 50.2 Å². The molecule has 0 atom stereocenters. The lowest BCUT2D eigenvalue weighted by molar-refractivity contribution is 0.194. The van der Waals surface area contributed by atoms with E-state index in [1.165, 1.54) is 10.4 Å². The lowest BCUT2D eigenvalue weighted by Crippen LogP contribution is -2.52. The number of guanidine groups is 1. The molecule has 0 spiro atoms. The second kappa shape index (κ2) is 10.2. The number of nitrogens with one attached hydrogen (secondary N) is 1. The molecule has 27 heavy (non-hydrogen) atoms. The maximum Gasteiger partial charge on any atom is 0.194 e. The van der Waals surface area contributed by atoms with E-state index in [4.69, 9.17) is 4.99 Å². The van der Waals surface area contributed by atoms with Crippen LogP contribution in [0.1, 0.15) is 22.4 Å². The van der Waals surface area contributed by atoms with Crippen molar-refractivity contribution in [1.29, 1.82) is 0 Å². The van der Waals surface area contributed by atoms with Gasteiger partial charge in [0.25, 0.3) is 0 Å². The predicted molar refractivity (Wildman–Crippen MR) is 115 cm³/mol. The van der Waals surface area contributed by atoms with Crippen LogP contribution < -0.4 is 5.32 Å². The molecule has 1 N–H and O–H groups in total. The van der Waals surface area contributed by atoms with Crippen LogP contribution in [0.3, 0.4) is 0 Å². The lowest BCUT2D eigenvalue weighted by Gasteiger charge is -2.36. The molecule has 1 aliphatic heterocycles. The number of nitrogens with zero attached hydrogens (tertiary/aromatic N) is 4. The average molecular weight is 384 g/mol. The summed E-state index contributed by atoms with van der Waals surface area (Å²) in [5.74, 6) is 1.00. The first-order chi connectivity index (χ1) is 13.2. The number of benzene rings is 1. The Morgan fingerprint density at radius 1 is 1.22 bits per heavy atom. The van der Waals surface area contributed by atoms with Gasteiger partial charge in [0.15, 0.2) is 5.96 Å². The monoisotopic (exact) mass is 383 g/mol. The Morgan fingerprint density at radius 2 is 2.00 bits per heavy atom. The van der Waals surface area contributed by atoms with E-state index >= 15 is 0 Å². The molecule has 1 fully saturated rings. The third-order valence-corrected chi connectivity index (χ3v) is 5.41. The molecule has 6 heteroatoms. The molecule has 1 aliphatic rings. The van der Waals surface area contributed by atoms with Gasteiger partial charge < -0.3 is 10.2 Å². The number of rotatable bonds is 6. The second-order valence-corrected chi connectivity index (χ2v) is 7.95. The highest BCUT2D eigenvalue weighted by Gasteiger charge is 2.18. The van der Waals surface area contributed by atoms with Crippen LogP contribution in [-0.2, 0) is 6.54 Å². The molecule has 144 valence electrons. The van der Waals surface area contributed by atoms with Gasteiger partial charge in [0.05, 0.1) is 6.54 Å². The second-order valence-electron chi connectivity index (χ2n) is 6.64. The fourth-order valence-corrected chi connectivity index (χ4v) is 3.80. The average Bonchev–Trinajstić information content (AvgIpc) is 3.12. The summed E-state index contributed by atoms with van der Waals surface area (Å²) in [5.41, 5.74) is 1.26. The van der Waals surface area contributed by atoms with Crippen molar-refractivity contribution in [2.24, 2.45) is 4.99 Å². The summed E-state index contributed by atoms with van der Waals surface area (Å²) in [7, 11) is 0. The summed E-state index contributed by atoms with van der Waals surface area (Å²) in [4.78, 5) is 15.3. The maximum atomic E-state index is 4.79. The molecule has 0 unspecified atom stereocenters. The van der Waals surface area contributed by atoms with E-state index in [2.05, 4.69) is 76.4 Å². The summed E-state index contributed by atoms with van der Waals surface area (Å²) in [6.07, 6.45) is 6.38. The van der Waals surface area contributed by atoms with Crippen LogP contribution in [0.2, 0.25) is 0 Å². The molecular weight excluding hydrogens is 354 g/mol. The number of aromatic nitrogens is 1.